The minimum absolute atomic E-state index is 0.0286. The van der Waals surface area contributed by atoms with E-state index in [9.17, 15) is 8.42 Å². The molecule has 1 aliphatic heterocycles. The van der Waals surface area contributed by atoms with Crippen molar-refractivity contribution >= 4 is 10.0 Å². The van der Waals surface area contributed by atoms with Gasteiger partial charge in [0.1, 0.15) is 11.4 Å². The fraction of sp³-hybridized carbons (Fsp3) is 0.207. The van der Waals surface area contributed by atoms with Gasteiger partial charge in [-0.15, -0.1) is 15.3 Å². The van der Waals surface area contributed by atoms with Crippen LogP contribution in [0.5, 0.6) is 0 Å². The van der Waals surface area contributed by atoms with Gasteiger partial charge in [0, 0.05) is 24.2 Å². The molecule has 196 valence electrons. The van der Waals surface area contributed by atoms with Crippen LogP contribution in [0.1, 0.15) is 24.4 Å². The average Bonchev–Trinajstić information content (AvgIpc) is 3.49. The Hall–Kier alpha value is -4.28. The topological polar surface area (TPSA) is 107 Å². The molecule has 6 rings (SSSR count). The van der Waals surface area contributed by atoms with Crippen molar-refractivity contribution in [2.24, 2.45) is 0 Å². The third-order valence-electron chi connectivity index (χ3n) is 6.98. The first-order valence-corrected chi connectivity index (χ1v) is 14.3. The van der Waals surface area contributed by atoms with Gasteiger partial charge in [0.15, 0.2) is 5.69 Å². The molecule has 1 fully saturated rings. The summed E-state index contributed by atoms with van der Waals surface area (Å²) in [6.07, 6.45) is 3.09. The van der Waals surface area contributed by atoms with Crippen molar-refractivity contribution in [3.8, 4) is 34.0 Å². The molecule has 0 N–H and O–H groups in total. The molecule has 3 aromatic carbocycles. The highest BCUT2D eigenvalue weighted by Crippen LogP contribution is 2.31. The maximum absolute atomic E-state index is 13.1. The molecule has 1 saturated heterocycles. The Morgan fingerprint density at radius 1 is 0.744 bits per heavy atom. The molecule has 39 heavy (non-hydrogen) atoms. The molecule has 0 aliphatic carbocycles. The lowest BCUT2D eigenvalue weighted by Gasteiger charge is -2.31. The summed E-state index contributed by atoms with van der Waals surface area (Å²) in [7, 11) is -3.52. The molecular weight excluding hydrogens is 510 g/mol. The SMILES string of the molecule is Cc1ccc(S(=O)(=O)N2CCC(n3cc(-c4nnc(-c5ccccc5)c(-c5ccccc5)n4)nn3)CC2)cc1. The van der Waals surface area contributed by atoms with Crippen LogP contribution in [-0.4, -0.2) is 56.0 Å². The van der Waals surface area contributed by atoms with Crippen molar-refractivity contribution in [3.63, 3.8) is 0 Å². The first-order valence-electron chi connectivity index (χ1n) is 12.8. The maximum atomic E-state index is 13.1. The standard InChI is InChI=1S/C29H27N7O2S/c1-21-12-14-25(15-13-21)39(37,38)35-18-16-24(17-19-35)36-20-26(31-34-36)29-30-27(22-8-4-2-5-9-22)28(32-33-29)23-10-6-3-7-11-23/h2-15,20,24H,16-19H2,1H3. The Balaban J connectivity index is 1.23. The largest absolute Gasteiger partial charge is 0.249 e. The molecule has 0 unspecified atom stereocenters. The summed E-state index contributed by atoms with van der Waals surface area (Å²) in [6, 6.07) is 26.7. The molecule has 0 spiro atoms. The van der Waals surface area contributed by atoms with Crippen LogP contribution in [0.15, 0.2) is 96.0 Å². The Morgan fingerprint density at radius 2 is 1.36 bits per heavy atom. The normalized spacial score (nSPS) is 14.9. The van der Waals surface area contributed by atoms with E-state index in [-0.39, 0.29) is 6.04 Å². The van der Waals surface area contributed by atoms with Crippen LogP contribution in [0, 0.1) is 6.92 Å². The van der Waals surface area contributed by atoms with E-state index in [1.807, 2.05) is 85.9 Å². The molecule has 1 aliphatic rings. The quantitative estimate of drug-likeness (QED) is 0.306. The van der Waals surface area contributed by atoms with Gasteiger partial charge in [0.25, 0.3) is 0 Å². The lowest BCUT2D eigenvalue weighted by Crippen LogP contribution is -2.39. The van der Waals surface area contributed by atoms with E-state index in [2.05, 4.69) is 20.5 Å². The number of hydrogen-bond donors (Lipinski definition) is 0. The van der Waals surface area contributed by atoms with Gasteiger partial charge in [-0.3, -0.25) is 0 Å². The second-order valence-electron chi connectivity index (χ2n) is 9.60. The fourth-order valence-corrected chi connectivity index (χ4v) is 6.26. The lowest BCUT2D eigenvalue weighted by atomic mass is 10.0. The zero-order valence-corrected chi connectivity index (χ0v) is 22.2. The van der Waals surface area contributed by atoms with Crippen molar-refractivity contribution in [3.05, 3.63) is 96.7 Å². The van der Waals surface area contributed by atoms with Gasteiger partial charge in [-0.25, -0.2) is 18.1 Å². The van der Waals surface area contributed by atoms with E-state index in [1.54, 1.807) is 21.1 Å². The Labute approximate surface area is 227 Å². The van der Waals surface area contributed by atoms with Crippen molar-refractivity contribution in [1.29, 1.82) is 0 Å². The van der Waals surface area contributed by atoms with Gasteiger partial charge in [-0.2, -0.15) is 4.31 Å². The van der Waals surface area contributed by atoms with Crippen LogP contribution in [0.4, 0.5) is 0 Å². The average molecular weight is 538 g/mol. The third-order valence-corrected chi connectivity index (χ3v) is 8.89. The zero-order valence-electron chi connectivity index (χ0n) is 21.4. The van der Waals surface area contributed by atoms with Gasteiger partial charge in [0.2, 0.25) is 15.8 Å². The molecule has 2 aromatic heterocycles. The second-order valence-corrected chi connectivity index (χ2v) is 11.5. The van der Waals surface area contributed by atoms with E-state index in [4.69, 9.17) is 4.98 Å². The molecule has 0 bridgehead atoms. The number of rotatable bonds is 6. The zero-order chi connectivity index (χ0) is 26.8. The highest BCUT2D eigenvalue weighted by molar-refractivity contribution is 7.89. The second kappa shape index (κ2) is 10.5. The van der Waals surface area contributed by atoms with Crippen LogP contribution >= 0.6 is 0 Å². The van der Waals surface area contributed by atoms with Crippen molar-refractivity contribution in [1.82, 2.24) is 34.5 Å². The highest BCUT2D eigenvalue weighted by atomic mass is 32.2. The molecule has 0 atom stereocenters. The highest BCUT2D eigenvalue weighted by Gasteiger charge is 2.30. The lowest BCUT2D eigenvalue weighted by molar-refractivity contribution is 0.258. The van der Waals surface area contributed by atoms with Crippen LogP contribution in [0.25, 0.3) is 34.0 Å². The Bertz CT molecular complexity index is 1680. The summed E-state index contributed by atoms with van der Waals surface area (Å²) in [6.45, 7) is 2.77. The predicted molar refractivity (Wildman–Crippen MR) is 148 cm³/mol. The number of aromatic nitrogens is 6. The summed E-state index contributed by atoms with van der Waals surface area (Å²) >= 11 is 0. The summed E-state index contributed by atoms with van der Waals surface area (Å²) in [4.78, 5) is 5.18. The number of piperidine rings is 1. The Kier molecular flexibility index (Phi) is 6.72. The van der Waals surface area contributed by atoms with Crippen LogP contribution in [0.3, 0.4) is 0 Å². The number of aryl methyl sites for hydroxylation is 1. The van der Waals surface area contributed by atoms with Crippen molar-refractivity contribution < 1.29 is 8.42 Å². The third kappa shape index (κ3) is 5.08. The summed E-state index contributed by atoms with van der Waals surface area (Å²) in [5, 5.41) is 17.6. The molecule has 10 heteroatoms. The van der Waals surface area contributed by atoms with E-state index >= 15 is 0 Å². The van der Waals surface area contributed by atoms with Gasteiger partial charge in [-0.1, -0.05) is 83.6 Å². The number of hydrogen-bond acceptors (Lipinski definition) is 7. The molecule has 5 aromatic rings. The minimum Gasteiger partial charge on any atom is -0.249 e. The van der Waals surface area contributed by atoms with Crippen LogP contribution < -0.4 is 0 Å². The van der Waals surface area contributed by atoms with Crippen LogP contribution in [-0.2, 0) is 10.0 Å². The van der Waals surface area contributed by atoms with Crippen molar-refractivity contribution in [2.75, 3.05) is 13.1 Å². The van der Waals surface area contributed by atoms with Gasteiger partial charge in [-0.05, 0) is 31.9 Å². The predicted octanol–water partition coefficient (Wildman–Crippen LogP) is 4.80. The molecule has 0 radical (unpaired) electrons. The summed E-state index contributed by atoms with van der Waals surface area (Å²) < 4.78 is 29.5. The summed E-state index contributed by atoms with van der Waals surface area (Å²) in [5.41, 5.74) is 4.82. The summed E-state index contributed by atoms with van der Waals surface area (Å²) in [5.74, 6) is 0.388. The van der Waals surface area contributed by atoms with Gasteiger partial charge >= 0.3 is 0 Å². The number of sulfonamides is 1. The van der Waals surface area contributed by atoms with Gasteiger partial charge in [0.05, 0.1) is 17.1 Å². The monoisotopic (exact) mass is 537 g/mol. The first kappa shape index (κ1) is 25.0. The van der Waals surface area contributed by atoms with Gasteiger partial charge < -0.3 is 0 Å². The molecule has 9 nitrogen and oxygen atoms in total. The number of benzene rings is 3. The van der Waals surface area contributed by atoms with E-state index in [0.717, 1.165) is 22.4 Å². The molecular formula is C29H27N7O2S. The minimum atomic E-state index is -3.52. The van der Waals surface area contributed by atoms with E-state index < -0.39 is 10.0 Å². The van der Waals surface area contributed by atoms with Crippen molar-refractivity contribution in [2.45, 2.75) is 30.7 Å². The Morgan fingerprint density at radius 3 is 2.00 bits per heavy atom. The van der Waals surface area contributed by atoms with E-state index in [0.29, 0.717) is 48.0 Å². The van der Waals surface area contributed by atoms with Crippen LogP contribution in [0.2, 0.25) is 0 Å². The van der Waals surface area contributed by atoms with E-state index in [1.165, 1.54) is 0 Å². The molecule has 0 saturated carbocycles. The smallest absolute Gasteiger partial charge is 0.243 e. The number of nitrogens with zero attached hydrogens (tertiary/aromatic N) is 7. The molecule has 3 heterocycles. The first-order chi connectivity index (χ1) is 19.0. The molecule has 0 amide bonds. The maximum Gasteiger partial charge on any atom is 0.243 e. The fourth-order valence-electron chi connectivity index (χ4n) is 4.79.